The van der Waals surface area contributed by atoms with Gasteiger partial charge in [0.25, 0.3) is 6.43 Å². The molecule has 0 aliphatic heterocycles. The number of fused-ring (bicyclic) bond motifs is 1. The van der Waals surface area contributed by atoms with Crippen molar-refractivity contribution in [1.82, 2.24) is 10.3 Å². The van der Waals surface area contributed by atoms with Crippen molar-refractivity contribution in [2.75, 3.05) is 25.0 Å². The fourth-order valence-corrected chi connectivity index (χ4v) is 2.13. The molecule has 0 aliphatic carbocycles. The minimum Gasteiger partial charge on any atom is -0.354 e. The minimum absolute atomic E-state index is 0.314. The fourth-order valence-electron chi connectivity index (χ4n) is 2.13. The molecule has 0 atom stereocenters. The molecule has 1 heterocycles. The van der Waals surface area contributed by atoms with E-state index < -0.39 is 6.43 Å². The number of hydrogen-bond acceptors (Lipinski definition) is 3. The lowest BCUT2D eigenvalue weighted by Gasteiger charge is -2.19. The second kappa shape index (κ2) is 6.61. The van der Waals surface area contributed by atoms with E-state index >= 15 is 0 Å². The van der Waals surface area contributed by atoms with Crippen LogP contribution in [0.3, 0.4) is 0 Å². The smallest absolute Gasteiger partial charge is 0.255 e. The summed E-state index contributed by atoms with van der Waals surface area (Å²) in [5.41, 5.74) is 1.91. The van der Waals surface area contributed by atoms with Crippen LogP contribution in [0.25, 0.3) is 10.9 Å². The Kier molecular flexibility index (Phi) is 4.84. The number of nitrogens with one attached hydrogen (secondary N) is 1. The SMILES string of the molecule is CCNCc1cc(N(C)CC(F)F)nc2ccccc12. The monoisotopic (exact) mass is 279 g/mol. The maximum absolute atomic E-state index is 12.5. The van der Waals surface area contributed by atoms with Crippen LogP contribution in [0, 0.1) is 0 Å². The molecule has 0 bridgehead atoms. The van der Waals surface area contributed by atoms with Crippen molar-refractivity contribution < 1.29 is 8.78 Å². The van der Waals surface area contributed by atoms with Crippen molar-refractivity contribution in [2.45, 2.75) is 19.9 Å². The van der Waals surface area contributed by atoms with Crippen molar-refractivity contribution in [3.05, 3.63) is 35.9 Å². The number of halogens is 2. The molecule has 0 fully saturated rings. The number of hydrogen-bond donors (Lipinski definition) is 1. The topological polar surface area (TPSA) is 28.2 Å². The van der Waals surface area contributed by atoms with Crippen molar-refractivity contribution >= 4 is 16.7 Å². The summed E-state index contributed by atoms with van der Waals surface area (Å²) in [6.45, 7) is 3.28. The second-order valence-corrected chi connectivity index (χ2v) is 4.71. The van der Waals surface area contributed by atoms with Crippen LogP contribution in [0.15, 0.2) is 30.3 Å². The fraction of sp³-hybridized carbons (Fsp3) is 0.400. The molecular weight excluding hydrogens is 260 g/mol. The third-order valence-electron chi connectivity index (χ3n) is 3.16. The molecule has 2 rings (SSSR count). The Morgan fingerprint density at radius 2 is 2.05 bits per heavy atom. The number of nitrogens with zero attached hydrogens (tertiary/aromatic N) is 2. The summed E-state index contributed by atoms with van der Waals surface area (Å²) >= 11 is 0. The molecule has 0 unspecified atom stereocenters. The third-order valence-corrected chi connectivity index (χ3v) is 3.16. The van der Waals surface area contributed by atoms with Crippen LogP contribution < -0.4 is 10.2 Å². The first-order valence-corrected chi connectivity index (χ1v) is 6.70. The largest absolute Gasteiger partial charge is 0.354 e. The lowest BCUT2D eigenvalue weighted by molar-refractivity contribution is 0.156. The van der Waals surface area contributed by atoms with Crippen LogP contribution in [0.1, 0.15) is 12.5 Å². The Hall–Kier alpha value is -1.75. The zero-order valence-electron chi connectivity index (χ0n) is 11.7. The summed E-state index contributed by atoms with van der Waals surface area (Å²) in [7, 11) is 1.64. The Morgan fingerprint density at radius 3 is 2.75 bits per heavy atom. The zero-order chi connectivity index (χ0) is 14.5. The van der Waals surface area contributed by atoms with Gasteiger partial charge in [-0.25, -0.2) is 13.8 Å². The lowest BCUT2D eigenvalue weighted by atomic mass is 10.1. The molecule has 1 aromatic carbocycles. The Morgan fingerprint density at radius 1 is 1.30 bits per heavy atom. The van der Waals surface area contributed by atoms with E-state index in [4.69, 9.17) is 0 Å². The van der Waals surface area contributed by atoms with E-state index in [0.29, 0.717) is 12.4 Å². The quantitative estimate of drug-likeness (QED) is 0.881. The van der Waals surface area contributed by atoms with Gasteiger partial charge in [0, 0.05) is 19.0 Å². The van der Waals surface area contributed by atoms with Gasteiger partial charge in [-0.2, -0.15) is 0 Å². The Labute approximate surface area is 117 Å². The average molecular weight is 279 g/mol. The number of benzene rings is 1. The Balaban J connectivity index is 2.40. The average Bonchev–Trinajstić information content (AvgIpc) is 2.43. The first-order chi connectivity index (χ1) is 9.61. The normalized spacial score (nSPS) is 11.2. The van der Waals surface area contributed by atoms with Crippen molar-refractivity contribution in [3.8, 4) is 0 Å². The number of rotatable bonds is 6. The van der Waals surface area contributed by atoms with Crippen LogP contribution in [-0.4, -0.2) is 31.5 Å². The number of aromatic nitrogens is 1. The summed E-state index contributed by atoms with van der Waals surface area (Å²) < 4.78 is 25.0. The van der Waals surface area contributed by atoms with Gasteiger partial charge in [0.15, 0.2) is 0 Å². The Bertz CT molecular complexity index is 572. The molecule has 1 N–H and O–H groups in total. The molecule has 2 aromatic rings. The van der Waals surface area contributed by atoms with Crippen LogP contribution >= 0.6 is 0 Å². The molecule has 0 aliphatic rings. The number of pyridine rings is 1. The number of anilines is 1. The van der Waals surface area contributed by atoms with Crippen LogP contribution in [0.4, 0.5) is 14.6 Å². The second-order valence-electron chi connectivity index (χ2n) is 4.71. The highest BCUT2D eigenvalue weighted by molar-refractivity contribution is 5.84. The molecule has 108 valence electrons. The molecule has 3 nitrogen and oxygen atoms in total. The first-order valence-electron chi connectivity index (χ1n) is 6.70. The first kappa shape index (κ1) is 14.7. The summed E-state index contributed by atoms with van der Waals surface area (Å²) in [4.78, 5) is 5.95. The van der Waals surface area contributed by atoms with E-state index in [-0.39, 0.29) is 6.54 Å². The van der Waals surface area contributed by atoms with Gasteiger partial charge in [0.05, 0.1) is 12.1 Å². The van der Waals surface area contributed by atoms with E-state index in [2.05, 4.69) is 10.3 Å². The standard InChI is InChI=1S/C15H19F2N3/c1-3-18-9-11-8-15(20(2)10-14(16)17)19-13-7-5-4-6-12(11)13/h4-8,14,18H,3,9-10H2,1-2H3. The van der Waals surface area contributed by atoms with Crippen LogP contribution in [0.5, 0.6) is 0 Å². The maximum atomic E-state index is 12.5. The van der Waals surface area contributed by atoms with E-state index in [1.807, 2.05) is 37.3 Å². The van der Waals surface area contributed by atoms with Gasteiger partial charge < -0.3 is 10.2 Å². The summed E-state index contributed by atoms with van der Waals surface area (Å²) in [5, 5.41) is 4.33. The molecule has 20 heavy (non-hydrogen) atoms. The third kappa shape index (κ3) is 3.42. The van der Waals surface area contributed by atoms with E-state index in [0.717, 1.165) is 23.0 Å². The van der Waals surface area contributed by atoms with Gasteiger partial charge in [0.2, 0.25) is 0 Å². The van der Waals surface area contributed by atoms with Crippen molar-refractivity contribution in [1.29, 1.82) is 0 Å². The highest BCUT2D eigenvalue weighted by Gasteiger charge is 2.12. The summed E-state index contributed by atoms with van der Waals surface area (Å²) in [6.07, 6.45) is -2.37. The summed E-state index contributed by atoms with van der Waals surface area (Å²) in [5.74, 6) is 0.580. The van der Waals surface area contributed by atoms with E-state index in [1.54, 1.807) is 7.05 Å². The molecule has 0 saturated carbocycles. The van der Waals surface area contributed by atoms with Gasteiger partial charge in [-0.05, 0) is 24.2 Å². The molecule has 1 aromatic heterocycles. The van der Waals surface area contributed by atoms with Gasteiger partial charge in [-0.1, -0.05) is 25.1 Å². The maximum Gasteiger partial charge on any atom is 0.255 e. The molecule has 0 amide bonds. The predicted octanol–water partition coefficient (Wildman–Crippen LogP) is 3.05. The molecular formula is C15H19F2N3. The van der Waals surface area contributed by atoms with E-state index in [9.17, 15) is 8.78 Å². The molecule has 0 spiro atoms. The minimum atomic E-state index is -2.37. The van der Waals surface area contributed by atoms with E-state index in [1.165, 1.54) is 4.90 Å². The van der Waals surface area contributed by atoms with Gasteiger partial charge in [0.1, 0.15) is 5.82 Å². The predicted molar refractivity (Wildman–Crippen MR) is 78.4 cm³/mol. The highest BCUT2D eigenvalue weighted by Crippen LogP contribution is 2.22. The number of alkyl halides is 2. The van der Waals surface area contributed by atoms with Crippen LogP contribution in [-0.2, 0) is 6.54 Å². The summed E-state index contributed by atoms with van der Waals surface area (Å²) in [6, 6.07) is 9.66. The van der Waals surface area contributed by atoms with Gasteiger partial charge in [-0.15, -0.1) is 0 Å². The van der Waals surface area contributed by atoms with Gasteiger partial charge in [-0.3, -0.25) is 0 Å². The molecule has 0 saturated heterocycles. The number of para-hydroxylation sites is 1. The zero-order valence-corrected chi connectivity index (χ0v) is 11.7. The van der Waals surface area contributed by atoms with Gasteiger partial charge >= 0.3 is 0 Å². The molecule has 5 heteroatoms. The van der Waals surface area contributed by atoms with Crippen molar-refractivity contribution in [2.24, 2.45) is 0 Å². The molecule has 0 radical (unpaired) electrons. The lowest BCUT2D eigenvalue weighted by Crippen LogP contribution is -2.25. The highest BCUT2D eigenvalue weighted by atomic mass is 19.3. The van der Waals surface area contributed by atoms with Crippen LogP contribution in [0.2, 0.25) is 0 Å². The van der Waals surface area contributed by atoms with Crippen molar-refractivity contribution in [3.63, 3.8) is 0 Å².